The van der Waals surface area contributed by atoms with Gasteiger partial charge in [0.2, 0.25) is 0 Å². The number of aliphatic imine (C=N–C) groups is 1. The molecule has 0 fully saturated rings. The van der Waals surface area contributed by atoms with Crippen LogP contribution in [0.4, 0.5) is 4.39 Å². The van der Waals surface area contributed by atoms with Crippen LogP contribution in [0.2, 0.25) is 0 Å². The SMILES string of the molecule is CCNC(=NCc1ccccc1-n1ccnc1)NCCc1ccccc1F. The van der Waals surface area contributed by atoms with E-state index < -0.39 is 0 Å². The molecule has 0 aliphatic heterocycles. The first kappa shape index (κ1) is 18.6. The molecule has 0 bridgehead atoms. The van der Waals surface area contributed by atoms with Gasteiger partial charge in [-0.3, -0.25) is 0 Å². The van der Waals surface area contributed by atoms with Crippen LogP contribution in [-0.4, -0.2) is 28.6 Å². The normalized spacial score (nSPS) is 11.4. The van der Waals surface area contributed by atoms with Crippen molar-refractivity contribution >= 4 is 5.96 Å². The summed E-state index contributed by atoms with van der Waals surface area (Å²) in [7, 11) is 0. The summed E-state index contributed by atoms with van der Waals surface area (Å²) in [5.41, 5.74) is 2.86. The zero-order chi connectivity index (χ0) is 18.9. The zero-order valence-corrected chi connectivity index (χ0v) is 15.4. The van der Waals surface area contributed by atoms with Gasteiger partial charge in [0.15, 0.2) is 5.96 Å². The van der Waals surface area contributed by atoms with Gasteiger partial charge in [-0.1, -0.05) is 36.4 Å². The maximum Gasteiger partial charge on any atom is 0.191 e. The second-order valence-electron chi connectivity index (χ2n) is 6.06. The van der Waals surface area contributed by atoms with E-state index in [1.165, 1.54) is 6.07 Å². The molecule has 3 aromatic rings. The van der Waals surface area contributed by atoms with E-state index in [-0.39, 0.29) is 5.82 Å². The van der Waals surface area contributed by atoms with E-state index in [4.69, 9.17) is 0 Å². The summed E-state index contributed by atoms with van der Waals surface area (Å²) in [6, 6.07) is 15.0. The van der Waals surface area contributed by atoms with Crippen LogP contribution < -0.4 is 10.6 Å². The molecule has 2 N–H and O–H groups in total. The van der Waals surface area contributed by atoms with Gasteiger partial charge in [-0.25, -0.2) is 14.4 Å². The number of halogens is 1. The molecule has 0 atom stereocenters. The van der Waals surface area contributed by atoms with E-state index in [0.717, 1.165) is 17.8 Å². The van der Waals surface area contributed by atoms with E-state index in [2.05, 4.69) is 26.7 Å². The summed E-state index contributed by atoms with van der Waals surface area (Å²) < 4.78 is 15.7. The Morgan fingerprint density at radius 2 is 1.85 bits per heavy atom. The first-order valence-electron chi connectivity index (χ1n) is 9.09. The first-order valence-corrected chi connectivity index (χ1v) is 9.09. The molecule has 0 radical (unpaired) electrons. The molecular weight excluding hydrogens is 341 g/mol. The summed E-state index contributed by atoms with van der Waals surface area (Å²) in [4.78, 5) is 8.79. The molecule has 0 unspecified atom stereocenters. The summed E-state index contributed by atoms with van der Waals surface area (Å²) in [5, 5.41) is 6.51. The Hall–Kier alpha value is -3.15. The number of nitrogens with one attached hydrogen (secondary N) is 2. The fourth-order valence-corrected chi connectivity index (χ4v) is 2.82. The monoisotopic (exact) mass is 365 g/mol. The Morgan fingerprint density at radius 3 is 2.59 bits per heavy atom. The first-order chi connectivity index (χ1) is 13.3. The van der Waals surface area contributed by atoms with Crippen molar-refractivity contribution in [2.45, 2.75) is 19.9 Å². The van der Waals surface area contributed by atoms with Crippen LogP contribution in [0.1, 0.15) is 18.1 Å². The number of benzene rings is 2. The maximum atomic E-state index is 13.7. The highest BCUT2D eigenvalue weighted by atomic mass is 19.1. The van der Waals surface area contributed by atoms with Gasteiger partial charge in [-0.2, -0.15) is 0 Å². The quantitative estimate of drug-likeness (QED) is 0.499. The predicted octanol–water partition coefficient (Wildman–Crippen LogP) is 3.31. The largest absolute Gasteiger partial charge is 0.357 e. The lowest BCUT2D eigenvalue weighted by Gasteiger charge is -2.13. The minimum absolute atomic E-state index is 0.171. The second-order valence-corrected chi connectivity index (χ2v) is 6.06. The van der Waals surface area contributed by atoms with Gasteiger partial charge in [0, 0.05) is 25.5 Å². The van der Waals surface area contributed by atoms with E-state index >= 15 is 0 Å². The third kappa shape index (κ3) is 5.17. The fourth-order valence-electron chi connectivity index (χ4n) is 2.82. The highest BCUT2D eigenvalue weighted by Crippen LogP contribution is 2.15. The summed E-state index contributed by atoms with van der Waals surface area (Å²) in [6.07, 6.45) is 6.05. The lowest BCUT2D eigenvalue weighted by Crippen LogP contribution is -2.38. The van der Waals surface area contributed by atoms with Crippen molar-refractivity contribution in [2.75, 3.05) is 13.1 Å². The number of aromatic nitrogens is 2. The smallest absolute Gasteiger partial charge is 0.191 e. The van der Waals surface area contributed by atoms with Crippen LogP contribution in [0.3, 0.4) is 0 Å². The number of imidazole rings is 1. The number of hydrogen-bond donors (Lipinski definition) is 2. The van der Waals surface area contributed by atoms with Crippen LogP contribution in [0.5, 0.6) is 0 Å². The summed E-state index contributed by atoms with van der Waals surface area (Å²) in [6.45, 7) is 3.92. The van der Waals surface area contributed by atoms with Crippen molar-refractivity contribution in [1.82, 2.24) is 20.2 Å². The van der Waals surface area contributed by atoms with Gasteiger partial charge >= 0.3 is 0 Å². The highest BCUT2D eigenvalue weighted by molar-refractivity contribution is 5.79. The standard InChI is InChI=1S/C21H24FN5/c1-2-24-21(25-12-11-17-7-3-5-9-19(17)22)26-15-18-8-4-6-10-20(18)27-14-13-23-16-27/h3-10,13-14,16H,2,11-12,15H2,1H3,(H2,24,25,26). The Kier molecular flexibility index (Phi) is 6.57. The Labute approximate surface area is 159 Å². The van der Waals surface area contributed by atoms with Crippen LogP contribution >= 0.6 is 0 Å². The molecule has 1 heterocycles. The number of nitrogens with zero attached hydrogens (tertiary/aromatic N) is 3. The summed E-state index contributed by atoms with van der Waals surface area (Å²) in [5.74, 6) is 0.546. The third-order valence-corrected chi connectivity index (χ3v) is 4.17. The molecule has 6 heteroatoms. The van der Waals surface area contributed by atoms with Crippen LogP contribution in [0, 0.1) is 5.82 Å². The number of guanidine groups is 1. The number of hydrogen-bond acceptors (Lipinski definition) is 2. The second kappa shape index (κ2) is 9.52. The molecule has 0 saturated heterocycles. The Bertz CT molecular complexity index is 874. The number of para-hydroxylation sites is 1. The topological polar surface area (TPSA) is 54.2 Å². The van der Waals surface area contributed by atoms with E-state index in [9.17, 15) is 4.39 Å². The van der Waals surface area contributed by atoms with Gasteiger partial charge in [0.25, 0.3) is 0 Å². The lowest BCUT2D eigenvalue weighted by atomic mass is 10.1. The molecule has 27 heavy (non-hydrogen) atoms. The molecule has 0 saturated carbocycles. The fraction of sp³-hybridized carbons (Fsp3) is 0.238. The van der Waals surface area contributed by atoms with E-state index in [1.807, 2.05) is 48.0 Å². The number of rotatable bonds is 7. The molecule has 5 nitrogen and oxygen atoms in total. The molecule has 0 aliphatic carbocycles. The minimum Gasteiger partial charge on any atom is -0.357 e. The molecule has 3 rings (SSSR count). The average Bonchev–Trinajstić information content (AvgIpc) is 3.22. The molecular formula is C21H24FN5. The zero-order valence-electron chi connectivity index (χ0n) is 15.4. The Balaban J connectivity index is 1.65. The van der Waals surface area contributed by atoms with Crippen molar-refractivity contribution in [2.24, 2.45) is 4.99 Å². The summed E-state index contributed by atoms with van der Waals surface area (Å²) >= 11 is 0. The Morgan fingerprint density at radius 1 is 1.07 bits per heavy atom. The van der Waals surface area contributed by atoms with Crippen LogP contribution in [0.25, 0.3) is 5.69 Å². The molecule has 0 spiro atoms. The van der Waals surface area contributed by atoms with Gasteiger partial charge in [-0.05, 0) is 36.6 Å². The van der Waals surface area contributed by atoms with E-state index in [0.29, 0.717) is 31.0 Å². The molecule has 0 amide bonds. The van der Waals surface area contributed by atoms with Gasteiger partial charge in [-0.15, -0.1) is 0 Å². The molecule has 2 aromatic carbocycles. The van der Waals surface area contributed by atoms with Crippen LogP contribution in [0.15, 0.2) is 72.2 Å². The average molecular weight is 365 g/mol. The van der Waals surface area contributed by atoms with Gasteiger partial charge < -0.3 is 15.2 Å². The molecule has 140 valence electrons. The highest BCUT2D eigenvalue weighted by Gasteiger charge is 2.05. The van der Waals surface area contributed by atoms with Crippen molar-refractivity contribution in [3.05, 3.63) is 84.2 Å². The lowest BCUT2D eigenvalue weighted by molar-refractivity contribution is 0.606. The van der Waals surface area contributed by atoms with Crippen LogP contribution in [-0.2, 0) is 13.0 Å². The predicted molar refractivity (Wildman–Crippen MR) is 106 cm³/mol. The van der Waals surface area contributed by atoms with Gasteiger partial charge in [0.1, 0.15) is 5.82 Å². The van der Waals surface area contributed by atoms with E-state index in [1.54, 1.807) is 18.6 Å². The van der Waals surface area contributed by atoms with Crippen molar-refractivity contribution in [1.29, 1.82) is 0 Å². The molecule has 1 aromatic heterocycles. The van der Waals surface area contributed by atoms with Crippen molar-refractivity contribution in [3.63, 3.8) is 0 Å². The molecule has 0 aliphatic rings. The minimum atomic E-state index is -0.171. The maximum absolute atomic E-state index is 13.7. The van der Waals surface area contributed by atoms with Crippen molar-refractivity contribution < 1.29 is 4.39 Å². The third-order valence-electron chi connectivity index (χ3n) is 4.17. The van der Waals surface area contributed by atoms with Gasteiger partial charge in [0.05, 0.1) is 18.6 Å². The van der Waals surface area contributed by atoms with Crippen molar-refractivity contribution in [3.8, 4) is 5.69 Å².